The zero-order valence-electron chi connectivity index (χ0n) is 20.6. The molecule has 0 N–H and O–H groups in total. The smallest absolute Gasteiger partial charge is 0.137 e. The molecular weight excluding hydrogens is 390 g/mol. The average molecular weight is 428 g/mol. The number of fused-ring (bicyclic) bond motifs is 2. The van der Waals surface area contributed by atoms with E-state index in [1.165, 1.54) is 38.4 Å². The number of rotatable bonds is 6. The van der Waals surface area contributed by atoms with Crippen LogP contribution in [0.25, 0.3) is 11.1 Å². The topological polar surface area (TPSA) is 12.5 Å². The normalized spacial score (nSPS) is 19.1. The molecule has 4 rings (SSSR count). The zero-order chi connectivity index (χ0) is 22.9. The van der Waals surface area contributed by atoms with E-state index in [1.54, 1.807) is 0 Å². The molecule has 2 aliphatic rings. The lowest BCUT2D eigenvalue weighted by Gasteiger charge is -2.36. The van der Waals surface area contributed by atoms with Crippen LogP contribution in [0, 0.1) is 5.41 Å². The Kier molecular flexibility index (Phi) is 6.33. The minimum atomic E-state index is -0.0631. The number of ether oxygens (including phenoxy) is 1. The molecule has 32 heavy (non-hydrogen) atoms. The predicted molar refractivity (Wildman–Crippen MR) is 138 cm³/mol. The number of nitrogens with zero attached hydrogens (tertiary/aromatic N) is 1. The summed E-state index contributed by atoms with van der Waals surface area (Å²) in [4.78, 5) is 2.38. The van der Waals surface area contributed by atoms with Gasteiger partial charge in [-0.25, -0.2) is 0 Å². The van der Waals surface area contributed by atoms with E-state index in [1.807, 2.05) is 0 Å². The van der Waals surface area contributed by atoms with Gasteiger partial charge in [0.15, 0.2) is 0 Å². The molecule has 1 unspecified atom stereocenters. The van der Waals surface area contributed by atoms with E-state index in [9.17, 15) is 0 Å². The average Bonchev–Trinajstić information content (AvgIpc) is 2.78. The van der Waals surface area contributed by atoms with Crippen LogP contribution >= 0.6 is 0 Å². The summed E-state index contributed by atoms with van der Waals surface area (Å²) < 4.78 is 6.63. The van der Waals surface area contributed by atoms with Crippen molar-refractivity contribution < 1.29 is 4.74 Å². The van der Waals surface area contributed by atoms with Crippen LogP contribution < -0.4 is 20.1 Å². The Morgan fingerprint density at radius 1 is 0.969 bits per heavy atom. The summed E-state index contributed by atoms with van der Waals surface area (Å²) in [5, 5.41) is 2.53. The summed E-state index contributed by atoms with van der Waals surface area (Å²) in [6.07, 6.45) is 9.99. The van der Waals surface area contributed by atoms with Crippen molar-refractivity contribution in [3.63, 3.8) is 0 Å². The highest BCUT2D eigenvalue weighted by molar-refractivity contribution is 5.81. The Labute approximate surface area is 193 Å². The van der Waals surface area contributed by atoms with Gasteiger partial charge in [0.25, 0.3) is 0 Å². The minimum absolute atomic E-state index is 0.0631. The molecule has 2 heteroatoms. The van der Waals surface area contributed by atoms with Crippen molar-refractivity contribution in [2.24, 2.45) is 5.41 Å². The van der Waals surface area contributed by atoms with Crippen LogP contribution in [0.15, 0.2) is 60.2 Å². The van der Waals surface area contributed by atoms with Crippen molar-refractivity contribution in [1.82, 2.24) is 0 Å². The first-order valence-electron chi connectivity index (χ1n) is 12.2. The summed E-state index contributed by atoms with van der Waals surface area (Å²) in [6, 6.07) is 13.6. The van der Waals surface area contributed by atoms with Gasteiger partial charge in [0.05, 0.1) is 0 Å². The van der Waals surface area contributed by atoms with Gasteiger partial charge in [0, 0.05) is 41.0 Å². The van der Waals surface area contributed by atoms with Crippen molar-refractivity contribution in [3.05, 3.63) is 76.2 Å². The number of allylic oxidation sites excluding steroid dienone is 4. The molecule has 0 aromatic heterocycles. The highest BCUT2D eigenvalue weighted by atomic mass is 16.5. The van der Waals surface area contributed by atoms with Gasteiger partial charge in [-0.3, -0.25) is 0 Å². The molecule has 0 spiro atoms. The first-order valence-corrected chi connectivity index (χ1v) is 12.2. The fourth-order valence-electron chi connectivity index (χ4n) is 5.45. The molecule has 1 heterocycles. The van der Waals surface area contributed by atoms with Gasteiger partial charge < -0.3 is 9.64 Å². The lowest BCUT2D eigenvalue weighted by atomic mass is 9.70. The monoisotopic (exact) mass is 427 g/mol. The number of benzene rings is 2. The lowest BCUT2D eigenvalue weighted by molar-refractivity contribution is 0.460. The molecule has 0 fully saturated rings. The Morgan fingerprint density at radius 2 is 1.72 bits per heavy atom. The van der Waals surface area contributed by atoms with E-state index in [0.717, 1.165) is 43.9 Å². The fourth-order valence-corrected chi connectivity index (χ4v) is 5.45. The summed E-state index contributed by atoms with van der Waals surface area (Å²) >= 11 is 0. The predicted octanol–water partition coefficient (Wildman–Crippen LogP) is 6.72. The van der Waals surface area contributed by atoms with Crippen molar-refractivity contribution >= 4 is 16.8 Å². The Hall–Kier alpha value is -2.74. The maximum atomic E-state index is 6.63. The lowest BCUT2D eigenvalue weighted by Crippen LogP contribution is -2.30. The minimum Gasteiger partial charge on any atom is -0.456 e. The molecule has 2 nitrogen and oxygen atoms in total. The van der Waals surface area contributed by atoms with Gasteiger partial charge in [-0.15, -0.1) is 0 Å². The van der Waals surface area contributed by atoms with Crippen molar-refractivity contribution in [3.8, 4) is 11.5 Å². The second-order valence-electron chi connectivity index (χ2n) is 9.32. The molecule has 0 bridgehead atoms. The quantitative estimate of drug-likeness (QED) is 0.507. The SMILES string of the molecule is CCC(CC)=c1ccc2c(c1)Oc1cc(N(CC)CC)ccc1C=2C1(C)C=CC=C(C)C1. The molecule has 0 radical (unpaired) electrons. The largest absolute Gasteiger partial charge is 0.456 e. The van der Waals surface area contributed by atoms with Crippen molar-refractivity contribution in [2.75, 3.05) is 18.0 Å². The standard InChI is InChI=1S/C30H37NO/c1-7-22(8-2)23-13-15-25-27(18-23)32-28-19-24(31(9-3)10-4)14-16-26(28)29(25)30(6)17-11-12-21(5)20-30/h11-19H,7-10,20H2,1-6H3. The van der Waals surface area contributed by atoms with E-state index in [4.69, 9.17) is 4.74 Å². The van der Waals surface area contributed by atoms with Gasteiger partial charge in [-0.2, -0.15) is 0 Å². The maximum absolute atomic E-state index is 6.63. The van der Waals surface area contributed by atoms with Gasteiger partial charge in [0.1, 0.15) is 11.5 Å². The first-order chi connectivity index (χ1) is 15.4. The second kappa shape index (κ2) is 9.02. The van der Waals surface area contributed by atoms with Crippen LogP contribution in [0.4, 0.5) is 5.69 Å². The molecule has 0 saturated carbocycles. The highest BCUT2D eigenvalue weighted by Crippen LogP contribution is 2.47. The molecule has 168 valence electrons. The van der Waals surface area contributed by atoms with Crippen LogP contribution in [0.2, 0.25) is 0 Å². The molecular formula is C30H37NO. The van der Waals surface area contributed by atoms with E-state index in [-0.39, 0.29) is 5.41 Å². The van der Waals surface area contributed by atoms with Crippen LogP contribution in [0.1, 0.15) is 66.4 Å². The van der Waals surface area contributed by atoms with E-state index in [0.29, 0.717) is 0 Å². The van der Waals surface area contributed by atoms with E-state index >= 15 is 0 Å². The first kappa shape index (κ1) is 22.5. The highest BCUT2D eigenvalue weighted by Gasteiger charge is 2.34. The van der Waals surface area contributed by atoms with Crippen LogP contribution in [-0.2, 0) is 0 Å². The molecule has 0 amide bonds. The van der Waals surface area contributed by atoms with E-state index < -0.39 is 0 Å². The zero-order valence-corrected chi connectivity index (χ0v) is 20.6. The van der Waals surface area contributed by atoms with Crippen molar-refractivity contribution in [1.29, 1.82) is 0 Å². The Bertz CT molecular complexity index is 1190. The van der Waals surface area contributed by atoms with Gasteiger partial charge >= 0.3 is 0 Å². The summed E-state index contributed by atoms with van der Waals surface area (Å²) in [5.41, 5.74) is 6.65. The molecule has 0 saturated heterocycles. The molecule has 2 aromatic carbocycles. The third-order valence-electron chi connectivity index (χ3n) is 7.16. The molecule has 2 aromatic rings. The molecule has 1 aliphatic carbocycles. The van der Waals surface area contributed by atoms with Gasteiger partial charge in [-0.05, 0) is 69.0 Å². The maximum Gasteiger partial charge on any atom is 0.137 e. The Morgan fingerprint density at radius 3 is 2.38 bits per heavy atom. The third kappa shape index (κ3) is 3.92. The molecule has 1 aliphatic heterocycles. The third-order valence-corrected chi connectivity index (χ3v) is 7.16. The Balaban J connectivity index is 2.00. The van der Waals surface area contributed by atoms with Crippen LogP contribution in [-0.4, -0.2) is 13.1 Å². The van der Waals surface area contributed by atoms with Gasteiger partial charge in [-0.1, -0.05) is 62.3 Å². The second-order valence-corrected chi connectivity index (χ2v) is 9.32. The summed E-state index contributed by atoms with van der Waals surface area (Å²) in [5.74, 6) is 1.97. The summed E-state index contributed by atoms with van der Waals surface area (Å²) in [7, 11) is 0. The molecule has 1 atom stereocenters. The van der Waals surface area contributed by atoms with Crippen molar-refractivity contribution in [2.45, 2.75) is 60.8 Å². The fraction of sp³-hybridized carbons (Fsp3) is 0.400. The number of hydrogen-bond donors (Lipinski definition) is 0. The number of anilines is 1. The van der Waals surface area contributed by atoms with Gasteiger partial charge in [0.2, 0.25) is 0 Å². The van der Waals surface area contributed by atoms with E-state index in [2.05, 4.69) is 101 Å². The van der Waals surface area contributed by atoms with Crippen LogP contribution in [0.3, 0.4) is 0 Å². The number of hydrogen-bond acceptors (Lipinski definition) is 2. The summed E-state index contributed by atoms with van der Waals surface area (Å²) in [6.45, 7) is 15.5. The van der Waals surface area contributed by atoms with Crippen LogP contribution in [0.5, 0.6) is 11.5 Å².